The van der Waals surface area contributed by atoms with Crippen LogP contribution in [-0.4, -0.2) is 17.0 Å². The van der Waals surface area contributed by atoms with Crippen LogP contribution >= 0.6 is 12.2 Å². The van der Waals surface area contributed by atoms with E-state index in [2.05, 4.69) is 16.2 Å². The monoisotopic (exact) mass is 278 g/mol. The molecule has 0 radical (unpaired) electrons. The smallest absolute Gasteiger partial charge is 0.262 e. The van der Waals surface area contributed by atoms with Crippen molar-refractivity contribution < 1.29 is 14.7 Å². The minimum absolute atomic E-state index is 0.185. The molecule has 7 heteroatoms. The van der Waals surface area contributed by atoms with Gasteiger partial charge >= 0.3 is 0 Å². The third-order valence-electron chi connectivity index (χ3n) is 2.06. The fraction of sp³-hybridized carbons (Fsp3) is 0.0833. The second-order valence-electron chi connectivity index (χ2n) is 3.54. The molecule has 19 heavy (non-hydrogen) atoms. The average molecular weight is 278 g/mol. The Morgan fingerprint density at radius 1 is 1.21 bits per heavy atom. The number of hydrogen-bond donors (Lipinski definition) is 3. The maximum absolute atomic E-state index is 11.1. The third-order valence-corrected chi connectivity index (χ3v) is 2.27. The molecule has 1 aromatic carbocycles. The highest BCUT2D eigenvalue weighted by Gasteiger charge is 2.00. The van der Waals surface area contributed by atoms with Crippen LogP contribution in [0.25, 0.3) is 0 Å². The van der Waals surface area contributed by atoms with Gasteiger partial charge in [-0.05, 0) is 36.8 Å². The summed E-state index contributed by atoms with van der Waals surface area (Å²) in [5.74, 6) is -2.10. The number of rotatable bonds is 3. The van der Waals surface area contributed by atoms with Gasteiger partial charge < -0.3 is 15.2 Å². The van der Waals surface area contributed by atoms with E-state index in [1.807, 2.05) is 31.2 Å². The number of benzene rings is 1. The first-order valence-electron chi connectivity index (χ1n) is 5.30. The number of carbonyl (C=O) groups is 2. The third kappa shape index (κ3) is 5.64. The number of hydrogen-bond acceptors (Lipinski definition) is 4. The molecule has 0 aromatic heterocycles. The zero-order chi connectivity index (χ0) is 14.3. The van der Waals surface area contributed by atoms with Gasteiger partial charge in [-0.15, -0.1) is 0 Å². The number of para-hydroxylation sites is 1. The molecule has 0 aliphatic rings. The summed E-state index contributed by atoms with van der Waals surface area (Å²) in [4.78, 5) is 21.2. The van der Waals surface area contributed by atoms with Gasteiger partial charge in [0.05, 0.1) is 5.97 Å². The highest BCUT2D eigenvalue weighted by molar-refractivity contribution is 7.80. The number of carbonyl (C=O) groups excluding carboxylic acids is 2. The minimum atomic E-state index is -1.45. The normalized spacial score (nSPS) is 9.95. The van der Waals surface area contributed by atoms with E-state index in [9.17, 15) is 14.7 Å². The molecule has 0 heterocycles. The molecule has 0 fully saturated rings. The van der Waals surface area contributed by atoms with Crippen LogP contribution in [-0.2, 0) is 9.59 Å². The SMILES string of the molecule is Cc1ccccc1NC(=S)NNC(=O)C=CC(=O)[O-]. The van der Waals surface area contributed by atoms with Crippen LogP contribution < -0.4 is 21.3 Å². The predicted octanol–water partition coefficient (Wildman–Crippen LogP) is -0.381. The summed E-state index contributed by atoms with van der Waals surface area (Å²) < 4.78 is 0. The lowest BCUT2D eigenvalue weighted by molar-refractivity contribution is -0.297. The van der Waals surface area contributed by atoms with Crippen LogP contribution in [0.4, 0.5) is 5.69 Å². The average Bonchev–Trinajstić information content (AvgIpc) is 2.36. The predicted molar refractivity (Wildman–Crippen MR) is 72.8 cm³/mol. The van der Waals surface area contributed by atoms with Gasteiger partial charge in [-0.25, -0.2) is 0 Å². The molecule has 0 saturated heterocycles. The zero-order valence-electron chi connectivity index (χ0n) is 10.1. The standard InChI is InChI=1S/C12H13N3O3S/c1-8-4-2-3-5-9(8)13-12(19)15-14-10(16)6-7-11(17)18/h2-7H,1H3,(H,14,16)(H,17,18)(H2,13,15,19)/p-1. The van der Waals surface area contributed by atoms with Gasteiger partial charge in [-0.2, -0.15) is 0 Å². The molecule has 6 nitrogen and oxygen atoms in total. The van der Waals surface area contributed by atoms with E-state index in [0.29, 0.717) is 6.08 Å². The summed E-state index contributed by atoms with van der Waals surface area (Å²) in [6.07, 6.45) is 1.44. The lowest BCUT2D eigenvalue weighted by Gasteiger charge is -2.12. The first-order valence-corrected chi connectivity index (χ1v) is 5.71. The van der Waals surface area contributed by atoms with Crippen molar-refractivity contribution in [1.82, 2.24) is 10.9 Å². The van der Waals surface area contributed by atoms with E-state index >= 15 is 0 Å². The van der Waals surface area contributed by atoms with Crippen molar-refractivity contribution in [3.05, 3.63) is 42.0 Å². The van der Waals surface area contributed by atoms with Gasteiger partial charge in [0.2, 0.25) is 0 Å². The molecule has 0 saturated carbocycles. The summed E-state index contributed by atoms with van der Waals surface area (Å²) in [6, 6.07) is 7.48. The molecule has 3 N–H and O–H groups in total. The van der Waals surface area contributed by atoms with Crippen molar-refractivity contribution in [3.8, 4) is 0 Å². The molecule has 0 bridgehead atoms. The molecule has 1 amide bonds. The number of carboxylic acids is 1. The number of anilines is 1. The summed E-state index contributed by atoms with van der Waals surface area (Å²) in [5.41, 5.74) is 6.45. The minimum Gasteiger partial charge on any atom is -0.545 e. The van der Waals surface area contributed by atoms with E-state index in [4.69, 9.17) is 12.2 Å². The number of carboxylic acid groups (broad SMARTS) is 1. The van der Waals surface area contributed by atoms with Crippen molar-refractivity contribution in [1.29, 1.82) is 0 Å². The highest BCUT2D eigenvalue weighted by atomic mass is 32.1. The number of nitrogens with one attached hydrogen (secondary N) is 3. The Hall–Kier alpha value is -2.41. The zero-order valence-corrected chi connectivity index (χ0v) is 10.9. The van der Waals surface area contributed by atoms with Crippen LogP contribution in [0.1, 0.15) is 5.56 Å². The number of aryl methyl sites for hydroxylation is 1. The first kappa shape index (κ1) is 14.7. The fourth-order valence-electron chi connectivity index (χ4n) is 1.17. The maximum atomic E-state index is 11.1. The molecule has 1 rings (SSSR count). The largest absolute Gasteiger partial charge is 0.545 e. The summed E-state index contributed by atoms with van der Waals surface area (Å²) in [6.45, 7) is 1.91. The Bertz CT molecular complexity index is 529. The molecule has 0 aliphatic heterocycles. The quantitative estimate of drug-likeness (QED) is 0.396. The van der Waals surface area contributed by atoms with Crippen LogP contribution in [0.3, 0.4) is 0 Å². The Morgan fingerprint density at radius 2 is 1.89 bits per heavy atom. The second kappa shape index (κ2) is 7.12. The van der Waals surface area contributed by atoms with Gasteiger partial charge in [0.15, 0.2) is 5.11 Å². The van der Waals surface area contributed by atoms with Crippen molar-refractivity contribution in [2.45, 2.75) is 6.92 Å². The Kier molecular flexibility index (Phi) is 5.49. The van der Waals surface area contributed by atoms with Crippen LogP contribution in [0.2, 0.25) is 0 Å². The molecule has 0 aliphatic carbocycles. The van der Waals surface area contributed by atoms with Gasteiger partial charge in [0.25, 0.3) is 5.91 Å². The lowest BCUT2D eigenvalue weighted by Crippen LogP contribution is -2.43. The molecule has 0 unspecified atom stereocenters. The maximum Gasteiger partial charge on any atom is 0.262 e. The van der Waals surface area contributed by atoms with Gasteiger partial charge in [-0.3, -0.25) is 15.6 Å². The lowest BCUT2D eigenvalue weighted by atomic mass is 10.2. The molecule has 0 atom stereocenters. The summed E-state index contributed by atoms with van der Waals surface area (Å²) >= 11 is 4.96. The van der Waals surface area contributed by atoms with Gasteiger partial charge in [0, 0.05) is 11.8 Å². The highest BCUT2D eigenvalue weighted by Crippen LogP contribution is 2.12. The van der Waals surface area contributed by atoms with Crippen molar-refractivity contribution in [3.63, 3.8) is 0 Å². The summed E-state index contributed by atoms with van der Waals surface area (Å²) in [5, 5.41) is 13.2. The molecule has 100 valence electrons. The van der Waals surface area contributed by atoms with Crippen molar-refractivity contribution >= 4 is 34.9 Å². The Labute approximate surface area is 115 Å². The van der Waals surface area contributed by atoms with Gasteiger partial charge in [-0.1, -0.05) is 18.2 Å². The van der Waals surface area contributed by atoms with Crippen molar-refractivity contribution in [2.24, 2.45) is 0 Å². The number of aliphatic carboxylic acids is 1. The second-order valence-corrected chi connectivity index (χ2v) is 3.94. The van der Waals surface area contributed by atoms with Crippen LogP contribution in [0.5, 0.6) is 0 Å². The van der Waals surface area contributed by atoms with E-state index in [1.54, 1.807) is 0 Å². The van der Waals surface area contributed by atoms with Crippen LogP contribution in [0.15, 0.2) is 36.4 Å². The topological polar surface area (TPSA) is 93.3 Å². The van der Waals surface area contributed by atoms with E-state index < -0.39 is 11.9 Å². The number of thiocarbonyl (C=S) groups is 1. The molecule has 0 spiro atoms. The van der Waals surface area contributed by atoms with Crippen LogP contribution in [0, 0.1) is 6.92 Å². The number of hydrazine groups is 1. The van der Waals surface area contributed by atoms with Crippen molar-refractivity contribution in [2.75, 3.05) is 5.32 Å². The Balaban J connectivity index is 2.43. The molecular weight excluding hydrogens is 266 g/mol. The van der Waals surface area contributed by atoms with E-state index in [1.165, 1.54) is 0 Å². The molecule has 1 aromatic rings. The summed E-state index contributed by atoms with van der Waals surface area (Å²) in [7, 11) is 0. The van der Waals surface area contributed by atoms with Gasteiger partial charge in [0.1, 0.15) is 0 Å². The number of amides is 1. The van der Waals surface area contributed by atoms with E-state index in [0.717, 1.165) is 17.3 Å². The van der Waals surface area contributed by atoms with E-state index in [-0.39, 0.29) is 5.11 Å². The Morgan fingerprint density at radius 3 is 2.53 bits per heavy atom. The first-order chi connectivity index (χ1) is 8.99. The fourth-order valence-corrected chi connectivity index (χ4v) is 1.33. The molecular formula is C12H12N3O3S-.